The maximum Gasteiger partial charge on any atom is 0.118 e. The highest BCUT2D eigenvalue weighted by atomic mass is 19.1. The molecule has 0 saturated carbocycles. The summed E-state index contributed by atoms with van der Waals surface area (Å²) in [5.74, 6) is 0. The molecule has 12 heavy (non-hydrogen) atoms. The third-order valence-corrected chi connectivity index (χ3v) is 3.56. The minimum absolute atomic E-state index is 0.245. The van der Waals surface area contributed by atoms with E-state index in [0.29, 0.717) is 0 Å². The van der Waals surface area contributed by atoms with Crippen LogP contribution < -0.4 is 0 Å². The molecule has 0 aliphatic carbocycles. The summed E-state index contributed by atoms with van der Waals surface area (Å²) in [7, 11) is 0. The van der Waals surface area contributed by atoms with E-state index in [1.165, 1.54) is 0 Å². The molecule has 0 bridgehead atoms. The van der Waals surface area contributed by atoms with Crippen LogP contribution in [0.3, 0.4) is 0 Å². The Balaban J connectivity index is 4.85. The molecule has 0 saturated heterocycles. The third kappa shape index (κ3) is 1.81. The highest BCUT2D eigenvalue weighted by molar-refractivity contribution is 4.97. The van der Waals surface area contributed by atoms with Crippen LogP contribution in [-0.2, 0) is 0 Å². The fourth-order valence-corrected chi connectivity index (χ4v) is 1.35. The lowest BCUT2D eigenvalue weighted by Gasteiger charge is -2.46. The summed E-state index contributed by atoms with van der Waals surface area (Å²) in [5, 5.41) is 0. The molecule has 0 heterocycles. The molecule has 0 fully saturated rings. The van der Waals surface area contributed by atoms with E-state index >= 15 is 0 Å². The summed E-state index contributed by atoms with van der Waals surface area (Å²) < 4.78 is 14.4. The van der Waals surface area contributed by atoms with Crippen LogP contribution in [0.1, 0.15) is 54.9 Å². The van der Waals surface area contributed by atoms with Gasteiger partial charge in [-0.25, -0.2) is 4.39 Å². The summed E-state index contributed by atoms with van der Waals surface area (Å²) >= 11 is 0. The fraction of sp³-hybridized carbons (Fsp3) is 1.00. The number of hydrogen-bond donors (Lipinski definition) is 0. The van der Waals surface area contributed by atoms with Gasteiger partial charge in [-0.1, -0.05) is 41.5 Å². The van der Waals surface area contributed by atoms with Crippen molar-refractivity contribution in [3.63, 3.8) is 0 Å². The molecule has 0 N–H and O–H groups in total. The number of halogens is 1. The van der Waals surface area contributed by atoms with Crippen molar-refractivity contribution in [3.05, 3.63) is 0 Å². The maximum atomic E-state index is 14.4. The van der Waals surface area contributed by atoms with Crippen LogP contribution in [0, 0.1) is 10.8 Å². The third-order valence-electron chi connectivity index (χ3n) is 3.56. The smallest absolute Gasteiger partial charge is 0.118 e. The second-order valence-electron chi connectivity index (χ2n) is 5.49. The highest BCUT2D eigenvalue weighted by Crippen LogP contribution is 2.48. The van der Waals surface area contributed by atoms with E-state index < -0.39 is 5.67 Å². The van der Waals surface area contributed by atoms with Crippen LogP contribution in [0.15, 0.2) is 0 Å². The first-order valence-electron chi connectivity index (χ1n) is 4.75. The summed E-state index contributed by atoms with van der Waals surface area (Å²) in [6.07, 6.45) is 0.872. The molecule has 0 aliphatic rings. The lowest BCUT2D eigenvalue weighted by molar-refractivity contribution is -0.0614. The largest absolute Gasteiger partial charge is 0.243 e. The van der Waals surface area contributed by atoms with Crippen molar-refractivity contribution < 1.29 is 4.39 Å². The van der Waals surface area contributed by atoms with Gasteiger partial charge < -0.3 is 0 Å². The molecule has 0 aromatic carbocycles. The molecule has 0 aliphatic heterocycles. The molecule has 1 unspecified atom stereocenters. The molecule has 1 atom stereocenters. The van der Waals surface area contributed by atoms with Gasteiger partial charge >= 0.3 is 0 Å². The summed E-state index contributed by atoms with van der Waals surface area (Å²) in [6, 6.07) is 0. The van der Waals surface area contributed by atoms with Crippen molar-refractivity contribution in [2.45, 2.75) is 60.6 Å². The SMILES string of the molecule is CCC(C)(C)C(C)(F)C(C)(C)C. The molecule has 1 heteroatoms. The van der Waals surface area contributed by atoms with E-state index in [1.54, 1.807) is 6.92 Å². The lowest BCUT2D eigenvalue weighted by atomic mass is 9.63. The van der Waals surface area contributed by atoms with Gasteiger partial charge in [-0.3, -0.25) is 0 Å². The van der Waals surface area contributed by atoms with Gasteiger partial charge in [0.25, 0.3) is 0 Å². The Hall–Kier alpha value is -0.0700. The van der Waals surface area contributed by atoms with Gasteiger partial charge in [0.1, 0.15) is 5.67 Å². The zero-order valence-electron chi connectivity index (χ0n) is 9.59. The highest BCUT2D eigenvalue weighted by Gasteiger charge is 2.48. The second kappa shape index (κ2) is 3.01. The van der Waals surface area contributed by atoms with E-state index in [9.17, 15) is 4.39 Å². The molecular formula is C11H23F. The Morgan fingerprint density at radius 3 is 1.33 bits per heavy atom. The zero-order valence-corrected chi connectivity index (χ0v) is 9.59. The van der Waals surface area contributed by atoms with Gasteiger partial charge in [0, 0.05) is 0 Å². The van der Waals surface area contributed by atoms with Gasteiger partial charge in [-0.2, -0.15) is 0 Å². The number of alkyl halides is 1. The second-order valence-corrected chi connectivity index (χ2v) is 5.49. The quantitative estimate of drug-likeness (QED) is 0.588. The van der Waals surface area contributed by atoms with Crippen LogP contribution in [0.4, 0.5) is 4.39 Å². The maximum absolute atomic E-state index is 14.4. The lowest BCUT2D eigenvalue weighted by Crippen LogP contribution is -2.47. The van der Waals surface area contributed by atoms with Crippen molar-refractivity contribution in [2.75, 3.05) is 0 Å². The minimum Gasteiger partial charge on any atom is -0.243 e. The van der Waals surface area contributed by atoms with Crippen LogP contribution in [0.25, 0.3) is 0 Å². The fourth-order valence-electron chi connectivity index (χ4n) is 1.35. The first kappa shape index (κ1) is 11.9. The van der Waals surface area contributed by atoms with E-state index in [-0.39, 0.29) is 10.8 Å². The van der Waals surface area contributed by atoms with E-state index in [2.05, 4.69) is 0 Å². The topological polar surface area (TPSA) is 0 Å². The van der Waals surface area contributed by atoms with Gasteiger partial charge in [0.05, 0.1) is 0 Å². The van der Waals surface area contributed by atoms with Crippen molar-refractivity contribution in [1.29, 1.82) is 0 Å². The van der Waals surface area contributed by atoms with Crippen molar-refractivity contribution >= 4 is 0 Å². The average molecular weight is 174 g/mol. The Labute approximate surface area is 76.6 Å². The summed E-state index contributed by atoms with van der Waals surface area (Å²) in [4.78, 5) is 0. The Morgan fingerprint density at radius 2 is 1.25 bits per heavy atom. The van der Waals surface area contributed by atoms with Crippen LogP contribution in [0.2, 0.25) is 0 Å². The van der Waals surface area contributed by atoms with Crippen molar-refractivity contribution in [2.24, 2.45) is 10.8 Å². The first-order valence-corrected chi connectivity index (χ1v) is 4.75. The summed E-state index contributed by atoms with van der Waals surface area (Å²) in [6.45, 7) is 13.6. The van der Waals surface area contributed by atoms with Gasteiger partial charge in [0.2, 0.25) is 0 Å². The average Bonchev–Trinajstić information content (AvgIpc) is 1.85. The number of rotatable bonds is 2. The zero-order chi connectivity index (χ0) is 10.2. The molecule has 0 aromatic rings. The predicted molar refractivity (Wildman–Crippen MR) is 53.0 cm³/mol. The van der Waals surface area contributed by atoms with E-state index in [0.717, 1.165) is 6.42 Å². The molecule has 0 aromatic heterocycles. The van der Waals surface area contributed by atoms with Gasteiger partial charge in [-0.15, -0.1) is 0 Å². The molecule has 74 valence electrons. The monoisotopic (exact) mass is 174 g/mol. The van der Waals surface area contributed by atoms with Gasteiger partial charge in [-0.05, 0) is 24.2 Å². The van der Waals surface area contributed by atoms with Crippen LogP contribution >= 0.6 is 0 Å². The van der Waals surface area contributed by atoms with Crippen molar-refractivity contribution in [3.8, 4) is 0 Å². The Kier molecular flexibility index (Phi) is 2.99. The van der Waals surface area contributed by atoms with Gasteiger partial charge in [0.15, 0.2) is 0 Å². The first-order chi connectivity index (χ1) is 5.06. The van der Waals surface area contributed by atoms with E-state index in [1.807, 2.05) is 41.5 Å². The van der Waals surface area contributed by atoms with Crippen LogP contribution in [-0.4, -0.2) is 5.67 Å². The molecular weight excluding hydrogens is 151 g/mol. The molecule has 0 nitrogen and oxygen atoms in total. The normalized spacial score (nSPS) is 19.0. The Morgan fingerprint density at radius 1 is 0.917 bits per heavy atom. The molecule has 0 amide bonds. The van der Waals surface area contributed by atoms with Crippen molar-refractivity contribution in [1.82, 2.24) is 0 Å². The number of hydrogen-bond acceptors (Lipinski definition) is 0. The molecule has 0 rings (SSSR count). The Bertz CT molecular complexity index is 149. The standard InChI is InChI=1S/C11H23F/c1-8-10(5,6)11(7,12)9(2,3)4/h8H2,1-7H3. The molecule has 0 spiro atoms. The predicted octanol–water partition coefficient (Wildman–Crippen LogP) is 4.20. The minimum atomic E-state index is -1.12. The summed E-state index contributed by atoms with van der Waals surface area (Å²) in [5.41, 5.74) is -1.65. The molecule has 0 radical (unpaired) electrons. The van der Waals surface area contributed by atoms with Crippen LogP contribution in [0.5, 0.6) is 0 Å². The van der Waals surface area contributed by atoms with E-state index in [4.69, 9.17) is 0 Å².